The Labute approximate surface area is 169 Å². The van der Waals surface area contributed by atoms with E-state index in [9.17, 15) is 24.3 Å². The highest BCUT2D eigenvalue weighted by Crippen LogP contribution is 2.05. The van der Waals surface area contributed by atoms with E-state index < -0.39 is 48.2 Å². The second-order valence-corrected chi connectivity index (χ2v) is 6.71. The molecule has 0 saturated carbocycles. The van der Waals surface area contributed by atoms with Crippen LogP contribution in [0.1, 0.15) is 31.2 Å². The predicted octanol–water partition coefficient (Wildman–Crippen LogP) is -1.38. The Kier molecular flexibility index (Phi) is 10.3. The van der Waals surface area contributed by atoms with Crippen LogP contribution in [0.2, 0.25) is 0 Å². The van der Waals surface area contributed by atoms with Gasteiger partial charge in [0.05, 0.1) is 12.5 Å². The number of nitrogens with two attached hydrogens (primary N) is 3. The molecule has 3 amide bonds. The largest absolute Gasteiger partial charge is 0.480 e. The summed E-state index contributed by atoms with van der Waals surface area (Å²) in [5.74, 6) is -3.52. The van der Waals surface area contributed by atoms with Crippen molar-refractivity contribution in [3.63, 3.8) is 0 Å². The predicted molar refractivity (Wildman–Crippen MR) is 106 cm³/mol. The van der Waals surface area contributed by atoms with Crippen molar-refractivity contribution in [2.45, 2.75) is 50.2 Å². The molecule has 9 N–H and O–H groups in total. The van der Waals surface area contributed by atoms with Crippen LogP contribution in [-0.4, -0.2) is 53.5 Å². The van der Waals surface area contributed by atoms with Gasteiger partial charge in [-0.05, 0) is 24.9 Å². The van der Waals surface area contributed by atoms with Crippen LogP contribution in [0.3, 0.4) is 0 Å². The van der Waals surface area contributed by atoms with Gasteiger partial charge < -0.3 is 32.9 Å². The first-order chi connectivity index (χ1) is 13.7. The molecule has 1 aromatic carbocycles. The molecule has 0 radical (unpaired) electrons. The van der Waals surface area contributed by atoms with Crippen molar-refractivity contribution in [2.24, 2.45) is 17.2 Å². The Morgan fingerprint density at radius 1 is 0.966 bits per heavy atom. The zero-order chi connectivity index (χ0) is 21.8. The number of hydrogen-bond acceptors (Lipinski definition) is 6. The average molecular weight is 407 g/mol. The van der Waals surface area contributed by atoms with Gasteiger partial charge >= 0.3 is 5.97 Å². The standard InChI is InChI=1S/C19H29N5O5/c20-9-5-4-8-13(21)17(26)23-14(11-16(22)25)18(27)24-15(19(28)29)10-12-6-2-1-3-7-12/h1-3,6-7,13-15H,4-5,8-11,20-21H2,(H2,22,25)(H,23,26)(H,24,27)(H,28,29). The Bertz CT molecular complexity index is 697. The lowest BCUT2D eigenvalue weighted by Gasteiger charge is -2.22. The first kappa shape index (κ1) is 24.1. The zero-order valence-corrected chi connectivity index (χ0v) is 16.2. The minimum Gasteiger partial charge on any atom is -0.480 e. The Morgan fingerprint density at radius 2 is 1.59 bits per heavy atom. The van der Waals surface area contributed by atoms with E-state index in [1.54, 1.807) is 30.3 Å². The number of unbranched alkanes of at least 4 members (excludes halogenated alkanes) is 1. The van der Waals surface area contributed by atoms with Crippen LogP contribution in [0, 0.1) is 0 Å². The molecule has 0 aliphatic rings. The second kappa shape index (κ2) is 12.5. The molecule has 1 rings (SSSR count). The quantitative estimate of drug-likeness (QED) is 0.217. The fraction of sp³-hybridized carbons (Fsp3) is 0.474. The number of carbonyl (C=O) groups is 4. The van der Waals surface area contributed by atoms with Crippen LogP contribution in [0.4, 0.5) is 0 Å². The summed E-state index contributed by atoms with van der Waals surface area (Å²) < 4.78 is 0. The maximum atomic E-state index is 12.5. The Morgan fingerprint density at radius 3 is 2.14 bits per heavy atom. The minimum absolute atomic E-state index is 0.0394. The third kappa shape index (κ3) is 9.17. The number of hydrogen-bond donors (Lipinski definition) is 6. The molecule has 0 saturated heterocycles. The SMILES string of the molecule is NCCCCC(N)C(=O)NC(CC(N)=O)C(=O)NC(Cc1ccccc1)C(=O)O. The molecule has 10 heteroatoms. The van der Waals surface area contributed by atoms with Crippen molar-refractivity contribution >= 4 is 23.7 Å². The van der Waals surface area contributed by atoms with Gasteiger partial charge in [-0.3, -0.25) is 14.4 Å². The van der Waals surface area contributed by atoms with E-state index in [0.29, 0.717) is 31.4 Å². The average Bonchev–Trinajstić information content (AvgIpc) is 2.67. The highest BCUT2D eigenvalue weighted by atomic mass is 16.4. The monoisotopic (exact) mass is 407 g/mol. The number of benzene rings is 1. The molecule has 160 valence electrons. The molecule has 0 bridgehead atoms. The van der Waals surface area contributed by atoms with Crippen LogP contribution < -0.4 is 27.8 Å². The third-order valence-electron chi connectivity index (χ3n) is 4.24. The van der Waals surface area contributed by atoms with E-state index in [1.165, 1.54) is 0 Å². The van der Waals surface area contributed by atoms with Gasteiger partial charge in [-0.1, -0.05) is 36.8 Å². The maximum absolute atomic E-state index is 12.5. The Balaban J connectivity index is 2.78. The van der Waals surface area contributed by atoms with Gasteiger partial charge in [0, 0.05) is 6.42 Å². The minimum atomic E-state index is -1.32. The molecule has 3 unspecified atom stereocenters. The van der Waals surface area contributed by atoms with E-state index in [0.717, 1.165) is 0 Å². The van der Waals surface area contributed by atoms with Crippen LogP contribution in [0.5, 0.6) is 0 Å². The topological polar surface area (TPSA) is 191 Å². The number of amides is 3. The highest BCUT2D eigenvalue weighted by molar-refractivity contribution is 5.94. The molecule has 29 heavy (non-hydrogen) atoms. The lowest BCUT2D eigenvalue weighted by molar-refractivity contribution is -0.142. The summed E-state index contributed by atoms with van der Waals surface area (Å²) >= 11 is 0. The molecule has 1 aromatic rings. The number of carboxylic acid groups (broad SMARTS) is 1. The number of aliphatic carboxylic acids is 1. The van der Waals surface area contributed by atoms with Gasteiger partial charge in [0.1, 0.15) is 12.1 Å². The van der Waals surface area contributed by atoms with Crippen molar-refractivity contribution in [3.8, 4) is 0 Å². The van der Waals surface area contributed by atoms with Crippen LogP contribution in [0.15, 0.2) is 30.3 Å². The van der Waals surface area contributed by atoms with E-state index in [4.69, 9.17) is 17.2 Å². The molecule has 0 fully saturated rings. The summed E-state index contributed by atoms with van der Waals surface area (Å²) in [7, 11) is 0. The van der Waals surface area contributed by atoms with Crippen molar-refractivity contribution < 1.29 is 24.3 Å². The normalized spacial score (nSPS) is 13.7. The summed E-state index contributed by atoms with van der Waals surface area (Å²) in [5.41, 5.74) is 17.1. The molecule has 10 nitrogen and oxygen atoms in total. The zero-order valence-electron chi connectivity index (χ0n) is 16.2. The molecule has 0 aromatic heterocycles. The number of primary amides is 1. The number of carbonyl (C=O) groups excluding carboxylic acids is 3. The Hall–Kier alpha value is -2.98. The summed E-state index contributed by atoms with van der Waals surface area (Å²) in [6, 6.07) is 5.29. The smallest absolute Gasteiger partial charge is 0.326 e. The highest BCUT2D eigenvalue weighted by Gasteiger charge is 2.29. The third-order valence-corrected chi connectivity index (χ3v) is 4.24. The summed E-state index contributed by atoms with van der Waals surface area (Å²) in [5, 5.41) is 14.1. The summed E-state index contributed by atoms with van der Waals surface area (Å²) in [6.45, 7) is 0.471. The molecule has 3 atom stereocenters. The first-order valence-electron chi connectivity index (χ1n) is 9.36. The second-order valence-electron chi connectivity index (χ2n) is 6.71. The number of carboxylic acids is 1. The van der Waals surface area contributed by atoms with Crippen LogP contribution in [-0.2, 0) is 25.6 Å². The van der Waals surface area contributed by atoms with Gasteiger partial charge in [-0.25, -0.2) is 4.79 Å². The summed E-state index contributed by atoms with van der Waals surface area (Å²) in [6.07, 6.45) is 1.25. The maximum Gasteiger partial charge on any atom is 0.326 e. The van der Waals surface area contributed by atoms with Crippen LogP contribution >= 0.6 is 0 Å². The van der Waals surface area contributed by atoms with Gasteiger partial charge in [0.15, 0.2) is 0 Å². The molecular weight excluding hydrogens is 378 g/mol. The summed E-state index contributed by atoms with van der Waals surface area (Å²) in [4.78, 5) is 47.6. The van der Waals surface area contributed by atoms with Gasteiger partial charge in [-0.2, -0.15) is 0 Å². The molecule has 0 aliphatic carbocycles. The van der Waals surface area contributed by atoms with Crippen molar-refractivity contribution in [3.05, 3.63) is 35.9 Å². The van der Waals surface area contributed by atoms with Crippen molar-refractivity contribution in [1.82, 2.24) is 10.6 Å². The van der Waals surface area contributed by atoms with Crippen LogP contribution in [0.25, 0.3) is 0 Å². The van der Waals surface area contributed by atoms with Gasteiger partial charge in [-0.15, -0.1) is 0 Å². The fourth-order valence-corrected chi connectivity index (χ4v) is 2.65. The van der Waals surface area contributed by atoms with E-state index in [-0.39, 0.29) is 6.42 Å². The molecule has 0 heterocycles. The van der Waals surface area contributed by atoms with Crippen molar-refractivity contribution in [1.29, 1.82) is 0 Å². The number of nitrogens with one attached hydrogen (secondary N) is 2. The lowest BCUT2D eigenvalue weighted by Crippen LogP contribution is -2.55. The van der Waals surface area contributed by atoms with E-state index in [1.807, 2.05) is 0 Å². The van der Waals surface area contributed by atoms with E-state index >= 15 is 0 Å². The first-order valence-corrected chi connectivity index (χ1v) is 9.36. The van der Waals surface area contributed by atoms with E-state index in [2.05, 4.69) is 10.6 Å². The fourth-order valence-electron chi connectivity index (χ4n) is 2.65. The number of rotatable bonds is 13. The van der Waals surface area contributed by atoms with Crippen molar-refractivity contribution in [2.75, 3.05) is 6.54 Å². The molecule has 0 aliphatic heterocycles. The van der Waals surface area contributed by atoms with Gasteiger partial charge in [0.2, 0.25) is 17.7 Å². The molecule has 0 spiro atoms. The van der Waals surface area contributed by atoms with Gasteiger partial charge in [0.25, 0.3) is 0 Å². The lowest BCUT2D eigenvalue weighted by atomic mass is 10.0. The molecular formula is C19H29N5O5.